The maximum absolute atomic E-state index is 13.2. The van der Waals surface area contributed by atoms with Crippen LogP contribution in [-0.2, 0) is 6.42 Å². The van der Waals surface area contributed by atoms with Crippen LogP contribution in [0.3, 0.4) is 0 Å². The molecule has 0 aliphatic carbocycles. The van der Waals surface area contributed by atoms with Crippen LogP contribution in [0.2, 0.25) is 5.02 Å². The molecule has 0 aliphatic rings. The van der Waals surface area contributed by atoms with Gasteiger partial charge in [0.2, 0.25) is 0 Å². The first kappa shape index (κ1) is 14.5. The third-order valence-corrected chi connectivity index (χ3v) is 3.05. The predicted molar refractivity (Wildman–Crippen MR) is 72.4 cm³/mol. The van der Waals surface area contributed by atoms with E-state index in [4.69, 9.17) is 16.1 Å². The second-order valence-corrected chi connectivity index (χ2v) is 5.27. The zero-order chi connectivity index (χ0) is 14.9. The highest BCUT2D eigenvalue weighted by atomic mass is 35.5. The highest BCUT2D eigenvalue weighted by Gasteiger charge is 2.24. The van der Waals surface area contributed by atoms with Gasteiger partial charge < -0.3 is 9.63 Å². The summed E-state index contributed by atoms with van der Waals surface area (Å²) in [5.74, 6) is -1.16. The molecule has 106 valence electrons. The molecule has 0 spiro atoms. The van der Waals surface area contributed by atoms with E-state index in [1.165, 1.54) is 18.2 Å². The van der Waals surface area contributed by atoms with Crippen molar-refractivity contribution in [2.24, 2.45) is 5.92 Å². The number of benzene rings is 1. The number of carbonyl (C=O) groups is 1. The second-order valence-electron chi connectivity index (χ2n) is 4.86. The number of carboxylic acid groups (broad SMARTS) is 1. The molecule has 0 atom stereocenters. The van der Waals surface area contributed by atoms with E-state index in [2.05, 4.69) is 5.16 Å². The molecular formula is C14H13ClFNO3. The molecule has 0 saturated heterocycles. The molecule has 2 rings (SSSR count). The summed E-state index contributed by atoms with van der Waals surface area (Å²) in [5, 5.41) is 13.0. The van der Waals surface area contributed by atoms with E-state index in [1.54, 1.807) is 0 Å². The number of carboxylic acids is 1. The summed E-state index contributed by atoms with van der Waals surface area (Å²) in [4.78, 5) is 11.4. The molecule has 0 aliphatic heterocycles. The molecule has 1 aromatic heterocycles. The van der Waals surface area contributed by atoms with Gasteiger partial charge in [-0.3, -0.25) is 0 Å². The van der Waals surface area contributed by atoms with Crippen LogP contribution in [0.15, 0.2) is 22.7 Å². The fourth-order valence-electron chi connectivity index (χ4n) is 1.90. The van der Waals surface area contributed by atoms with Crippen molar-refractivity contribution >= 4 is 17.6 Å². The van der Waals surface area contributed by atoms with Gasteiger partial charge in [0.05, 0.1) is 5.02 Å². The Labute approximate surface area is 120 Å². The summed E-state index contributed by atoms with van der Waals surface area (Å²) < 4.78 is 18.3. The normalized spacial score (nSPS) is 11.1. The molecule has 20 heavy (non-hydrogen) atoms. The lowest BCUT2D eigenvalue weighted by Gasteiger charge is -2.03. The second kappa shape index (κ2) is 5.63. The minimum absolute atomic E-state index is 0.00127. The zero-order valence-electron chi connectivity index (χ0n) is 11.0. The third-order valence-electron chi connectivity index (χ3n) is 2.76. The fourth-order valence-corrected chi connectivity index (χ4v) is 2.08. The van der Waals surface area contributed by atoms with E-state index in [9.17, 15) is 14.3 Å². The van der Waals surface area contributed by atoms with Gasteiger partial charge in [-0.25, -0.2) is 9.18 Å². The maximum Gasteiger partial charge on any atom is 0.341 e. The number of aromatic carboxylic acids is 1. The molecule has 0 saturated carbocycles. The smallest absolute Gasteiger partial charge is 0.341 e. The lowest BCUT2D eigenvalue weighted by molar-refractivity contribution is 0.0695. The highest BCUT2D eigenvalue weighted by molar-refractivity contribution is 6.31. The van der Waals surface area contributed by atoms with Gasteiger partial charge in [-0.15, -0.1) is 0 Å². The minimum Gasteiger partial charge on any atom is -0.477 e. The topological polar surface area (TPSA) is 63.3 Å². The van der Waals surface area contributed by atoms with Crippen molar-refractivity contribution in [2.45, 2.75) is 20.3 Å². The van der Waals surface area contributed by atoms with Crippen LogP contribution in [0.1, 0.15) is 30.0 Å². The molecule has 6 heteroatoms. The molecule has 0 bridgehead atoms. The largest absolute Gasteiger partial charge is 0.477 e. The van der Waals surface area contributed by atoms with E-state index in [-0.39, 0.29) is 22.2 Å². The molecule has 4 nitrogen and oxygen atoms in total. The molecule has 0 radical (unpaired) electrons. The van der Waals surface area contributed by atoms with Crippen LogP contribution in [0.4, 0.5) is 4.39 Å². The number of rotatable bonds is 4. The monoisotopic (exact) mass is 297 g/mol. The van der Waals surface area contributed by atoms with E-state index in [1.807, 2.05) is 13.8 Å². The summed E-state index contributed by atoms with van der Waals surface area (Å²) in [6.07, 6.45) is 0.462. The van der Waals surface area contributed by atoms with Crippen LogP contribution in [-0.4, -0.2) is 16.2 Å². The number of hydrogen-bond donors (Lipinski definition) is 1. The van der Waals surface area contributed by atoms with Crippen molar-refractivity contribution in [1.29, 1.82) is 0 Å². The summed E-state index contributed by atoms with van der Waals surface area (Å²) in [6.45, 7) is 3.89. The van der Waals surface area contributed by atoms with E-state index in [0.29, 0.717) is 17.7 Å². The molecular weight excluding hydrogens is 285 g/mol. The van der Waals surface area contributed by atoms with Crippen molar-refractivity contribution in [1.82, 2.24) is 5.16 Å². The minimum atomic E-state index is -1.13. The Morgan fingerprint density at radius 1 is 1.50 bits per heavy atom. The van der Waals surface area contributed by atoms with Gasteiger partial charge in [-0.05, 0) is 24.1 Å². The Kier molecular flexibility index (Phi) is 4.09. The van der Waals surface area contributed by atoms with Crippen LogP contribution in [0.5, 0.6) is 0 Å². The fraction of sp³-hybridized carbons (Fsp3) is 0.286. The van der Waals surface area contributed by atoms with Gasteiger partial charge in [0.1, 0.15) is 17.1 Å². The first-order valence-electron chi connectivity index (χ1n) is 6.07. The molecule has 1 aromatic carbocycles. The molecule has 1 heterocycles. The molecule has 2 aromatic rings. The lowest BCUT2D eigenvalue weighted by Crippen LogP contribution is -2.04. The van der Waals surface area contributed by atoms with Crippen LogP contribution >= 0.6 is 11.6 Å². The van der Waals surface area contributed by atoms with E-state index >= 15 is 0 Å². The molecule has 1 N–H and O–H groups in total. The van der Waals surface area contributed by atoms with Crippen molar-refractivity contribution in [3.8, 4) is 11.3 Å². The molecule has 0 amide bonds. The van der Waals surface area contributed by atoms with E-state index < -0.39 is 11.8 Å². The van der Waals surface area contributed by atoms with Crippen molar-refractivity contribution < 1.29 is 18.8 Å². The maximum atomic E-state index is 13.2. The first-order chi connectivity index (χ1) is 9.40. The van der Waals surface area contributed by atoms with Gasteiger partial charge in [-0.2, -0.15) is 0 Å². The zero-order valence-corrected chi connectivity index (χ0v) is 11.7. The number of aromatic nitrogens is 1. The number of hydrogen-bond acceptors (Lipinski definition) is 3. The van der Waals surface area contributed by atoms with E-state index in [0.717, 1.165) is 0 Å². The van der Waals surface area contributed by atoms with Gasteiger partial charge in [0.25, 0.3) is 0 Å². The average Bonchev–Trinajstić information content (AvgIpc) is 2.75. The first-order valence-corrected chi connectivity index (χ1v) is 6.45. The summed E-state index contributed by atoms with van der Waals surface area (Å²) in [5.41, 5.74) is 0.573. The van der Waals surface area contributed by atoms with Crippen LogP contribution in [0.25, 0.3) is 11.3 Å². The lowest BCUT2D eigenvalue weighted by atomic mass is 10.0. The van der Waals surface area contributed by atoms with Crippen molar-refractivity contribution in [3.05, 3.63) is 40.4 Å². The predicted octanol–water partition coefficient (Wildman–Crippen LogP) is 4.03. The van der Waals surface area contributed by atoms with Crippen LogP contribution in [0, 0.1) is 11.7 Å². The standard InChI is InChI=1S/C14H13ClFNO3/c1-7(2)5-11-12(14(18)19)13(17-20-11)8-3-4-10(16)9(15)6-8/h3-4,6-7H,5H2,1-2H3,(H,18,19). The van der Waals surface area contributed by atoms with Crippen molar-refractivity contribution in [2.75, 3.05) is 0 Å². The van der Waals surface area contributed by atoms with Gasteiger partial charge >= 0.3 is 5.97 Å². The molecule has 0 unspecified atom stereocenters. The number of halogens is 2. The third kappa shape index (κ3) is 2.82. The summed E-state index contributed by atoms with van der Waals surface area (Å²) in [7, 11) is 0. The van der Waals surface area contributed by atoms with Gasteiger partial charge in [-0.1, -0.05) is 30.6 Å². The Balaban J connectivity index is 2.53. The highest BCUT2D eigenvalue weighted by Crippen LogP contribution is 2.29. The quantitative estimate of drug-likeness (QED) is 0.925. The summed E-state index contributed by atoms with van der Waals surface area (Å²) in [6, 6.07) is 3.92. The summed E-state index contributed by atoms with van der Waals surface area (Å²) >= 11 is 5.71. The number of nitrogens with zero attached hydrogens (tertiary/aromatic N) is 1. The SMILES string of the molecule is CC(C)Cc1onc(-c2ccc(F)c(Cl)c2)c1C(=O)O. The Morgan fingerprint density at radius 2 is 2.20 bits per heavy atom. The Hall–Kier alpha value is -1.88. The van der Waals surface area contributed by atoms with Gasteiger partial charge in [0, 0.05) is 12.0 Å². The average molecular weight is 298 g/mol. The Morgan fingerprint density at radius 3 is 2.75 bits per heavy atom. The Bertz CT molecular complexity index is 652. The molecule has 0 fully saturated rings. The van der Waals surface area contributed by atoms with Gasteiger partial charge in [0.15, 0.2) is 5.76 Å². The van der Waals surface area contributed by atoms with Crippen molar-refractivity contribution in [3.63, 3.8) is 0 Å². The van der Waals surface area contributed by atoms with Crippen LogP contribution < -0.4 is 0 Å².